The largest absolute Gasteiger partial charge is 0.396 e. The zero-order valence-electron chi connectivity index (χ0n) is 8.43. The SMILES string of the molecule is OCC1CN(c2cc(Br)cc3nonc23)C1. The van der Waals surface area contributed by atoms with E-state index in [4.69, 9.17) is 9.74 Å². The van der Waals surface area contributed by atoms with E-state index in [-0.39, 0.29) is 6.61 Å². The Morgan fingerprint density at radius 3 is 3.00 bits per heavy atom. The molecule has 16 heavy (non-hydrogen) atoms. The highest BCUT2D eigenvalue weighted by Gasteiger charge is 2.28. The molecule has 0 bridgehead atoms. The van der Waals surface area contributed by atoms with Gasteiger partial charge >= 0.3 is 0 Å². The van der Waals surface area contributed by atoms with Gasteiger partial charge in [-0.05, 0) is 22.4 Å². The smallest absolute Gasteiger partial charge is 0.158 e. The Kier molecular flexibility index (Phi) is 2.33. The van der Waals surface area contributed by atoms with E-state index in [0.717, 1.165) is 34.3 Å². The number of aliphatic hydroxyl groups is 1. The number of halogens is 1. The predicted octanol–water partition coefficient (Wildman–Crippen LogP) is 1.41. The number of fused-ring (bicyclic) bond motifs is 1. The number of aliphatic hydroxyl groups excluding tert-OH is 1. The van der Waals surface area contributed by atoms with Crippen LogP contribution in [-0.4, -0.2) is 35.1 Å². The molecular weight excluding hydrogens is 274 g/mol. The summed E-state index contributed by atoms with van der Waals surface area (Å²) in [5.74, 6) is 0.369. The fourth-order valence-electron chi connectivity index (χ4n) is 1.96. The van der Waals surface area contributed by atoms with Crippen molar-refractivity contribution < 1.29 is 9.74 Å². The predicted molar refractivity (Wildman–Crippen MR) is 62.3 cm³/mol. The van der Waals surface area contributed by atoms with Gasteiger partial charge in [0.2, 0.25) is 0 Å². The molecular formula is C10H10BrN3O2. The maximum atomic E-state index is 9.00. The molecule has 0 spiro atoms. The van der Waals surface area contributed by atoms with Crippen molar-refractivity contribution in [1.29, 1.82) is 0 Å². The Morgan fingerprint density at radius 2 is 2.25 bits per heavy atom. The van der Waals surface area contributed by atoms with E-state index in [0.29, 0.717) is 5.92 Å². The van der Waals surface area contributed by atoms with Crippen LogP contribution in [0.15, 0.2) is 21.2 Å². The van der Waals surface area contributed by atoms with E-state index in [1.807, 2.05) is 12.1 Å². The summed E-state index contributed by atoms with van der Waals surface area (Å²) in [5, 5.41) is 16.7. The molecule has 2 aromatic rings. The lowest BCUT2D eigenvalue weighted by Crippen LogP contribution is -2.48. The van der Waals surface area contributed by atoms with Gasteiger partial charge in [-0.1, -0.05) is 15.9 Å². The molecule has 1 aromatic heterocycles. The molecule has 0 saturated carbocycles. The average molecular weight is 284 g/mol. The molecule has 0 radical (unpaired) electrons. The zero-order chi connectivity index (χ0) is 11.1. The Labute approximate surface area is 100 Å². The van der Waals surface area contributed by atoms with Gasteiger partial charge in [-0.2, -0.15) is 0 Å². The highest BCUT2D eigenvalue weighted by Crippen LogP contribution is 2.32. The summed E-state index contributed by atoms with van der Waals surface area (Å²) in [6.07, 6.45) is 0. The summed E-state index contributed by atoms with van der Waals surface area (Å²) in [4.78, 5) is 2.16. The van der Waals surface area contributed by atoms with Crippen molar-refractivity contribution in [3.8, 4) is 0 Å². The fourth-order valence-corrected chi connectivity index (χ4v) is 2.40. The molecule has 6 heteroatoms. The van der Waals surface area contributed by atoms with Crippen molar-refractivity contribution >= 4 is 32.7 Å². The van der Waals surface area contributed by atoms with Gasteiger partial charge in [0.05, 0.1) is 5.69 Å². The summed E-state index contributed by atoms with van der Waals surface area (Å²) < 4.78 is 5.69. The van der Waals surface area contributed by atoms with Crippen LogP contribution < -0.4 is 4.90 Å². The van der Waals surface area contributed by atoms with Gasteiger partial charge in [-0.15, -0.1) is 0 Å². The second kappa shape index (κ2) is 3.71. The van der Waals surface area contributed by atoms with E-state index in [1.165, 1.54) is 0 Å². The third-order valence-electron chi connectivity index (χ3n) is 2.86. The highest BCUT2D eigenvalue weighted by molar-refractivity contribution is 9.10. The maximum Gasteiger partial charge on any atom is 0.158 e. The molecule has 1 saturated heterocycles. The molecule has 5 nitrogen and oxygen atoms in total. The van der Waals surface area contributed by atoms with Crippen molar-refractivity contribution in [2.75, 3.05) is 24.6 Å². The number of rotatable bonds is 2. The van der Waals surface area contributed by atoms with Crippen molar-refractivity contribution in [3.63, 3.8) is 0 Å². The molecule has 3 rings (SSSR count). The van der Waals surface area contributed by atoms with Gasteiger partial charge < -0.3 is 10.0 Å². The van der Waals surface area contributed by atoms with Gasteiger partial charge in [0.15, 0.2) is 5.52 Å². The topological polar surface area (TPSA) is 62.4 Å². The Balaban J connectivity index is 2.00. The minimum atomic E-state index is 0.241. The molecule has 0 unspecified atom stereocenters. The van der Waals surface area contributed by atoms with Crippen LogP contribution in [0.25, 0.3) is 11.0 Å². The van der Waals surface area contributed by atoms with Crippen molar-refractivity contribution in [2.45, 2.75) is 0 Å². The Morgan fingerprint density at radius 1 is 1.44 bits per heavy atom. The van der Waals surface area contributed by atoms with E-state index in [2.05, 4.69) is 31.1 Å². The molecule has 2 heterocycles. The van der Waals surface area contributed by atoms with Crippen LogP contribution in [0.3, 0.4) is 0 Å². The monoisotopic (exact) mass is 283 g/mol. The highest BCUT2D eigenvalue weighted by atomic mass is 79.9. The lowest BCUT2D eigenvalue weighted by molar-refractivity contribution is 0.201. The number of hydrogen-bond donors (Lipinski definition) is 1. The standard InChI is InChI=1S/C10H10BrN3O2/c11-7-1-8-10(13-16-12-8)9(2-7)14-3-6(4-14)5-15/h1-2,6,15H,3-5H2. The first kappa shape index (κ1) is 10.0. The van der Waals surface area contributed by atoms with Gasteiger partial charge in [0.1, 0.15) is 5.52 Å². The minimum absolute atomic E-state index is 0.241. The van der Waals surface area contributed by atoms with Gasteiger partial charge in [0.25, 0.3) is 0 Å². The average Bonchev–Trinajstić information content (AvgIpc) is 2.63. The van der Waals surface area contributed by atoms with Crippen LogP contribution in [0.1, 0.15) is 0 Å². The van der Waals surface area contributed by atoms with Crippen molar-refractivity contribution in [2.24, 2.45) is 5.92 Å². The van der Waals surface area contributed by atoms with Crippen LogP contribution in [0.2, 0.25) is 0 Å². The van der Waals surface area contributed by atoms with Gasteiger partial charge in [0, 0.05) is 30.1 Å². The minimum Gasteiger partial charge on any atom is -0.396 e. The fraction of sp³-hybridized carbons (Fsp3) is 0.400. The lowest BCUT2D eigenvalue weighted by Gasteiger charge is -2.40. The first-order chi connectivity index (χ1) is 7.78. The molecule has 1 aliphatic heterocycles. The Bertz CT molecular complexity index is 522. The number of anilines is 1. The third-order valence-corrected chi connectivity index (χ3v) is 3.32. The molecule has 0 aliphatic carbocycles. The third kappa shape index (κ3) is 1.49. The molecule has 0 atom stereocenters. The molecule has 1 aromatic carbocycles. The first-order valence-electron chi connectivity index (χ1n) is 5.05. The maximum absolute atomic E-state index is 9.00. The van der Waals surface area contributed by atoms with Crippen LogP contribution in [-0.2, 0) is 0 Å². The van der Waals surface area contributed by atoms with Crippen LogP contribution in [0.4, 0.5) is 5.69 Å². The van der Waals surface area contributed by atoms with E-state index in [1.54, 1.807) is 0 Å². The second-order valence-corrected chi connectivity index (χ2v) is 4.93. The zero-order valence-corrected chi connectivity index (χ0v) is 10.0. The first-order valence-corrected chi connectivity index (χ1v) is 5.85. The van der Waals surface area contributed by atoms with Crippen LogP contribution in [0, 0.1) is 5.92 Å². The molecule has 84 valence electrons. The molecule has 1 aliphatic rings. The van der Waals surface area contributed by atoms with E-state index in [9.17, 15) is 0 Å². The van der Waals surface area contributed by atoms with Gasteiger partial charge in [-0.25, -0.2) is 4.63 Å². The normalized spacial score (nSPS) is 16.8. The van der Waals surface area contributed by atoms with Crippen LogP contribution in [0.5, 0.6) is 0 Å². The molecule has 0 amide bonds. The van der Waals surface area contributed by atoms with Crippen LogP contribution >= 0.6 is 15.9 Å². The number of benzene rings is 1. The van der Waals surface area contributed by atoms with E-state index >= 15 is 0 Å². The van der Waals surface area contributed by atoms with Crippen molar-refractivity contribution in [1.82, 2.24) is 10.3 Å². The molecule has 1 N–H and O–H groups in total. The number of nitrogens with zero attached hydrogens (tertiary/aromatic N) is 3. The van der Waals surface area contributed by atoms with Gasteiger partial charge in [-0.3, -0.25) is 0 Å². The Hall–Kier alpha value is -1.14. The van der Waals surface area contributed by atoms with Crippen molar-refractivity contribution in [3.05, 3.63) is 16.6 Å². The van der Waals surface area contributed by atoms with E-state index < -0.39 is 0 Å². The summed E-state index contributed by atoms with van der Waals surface area (Å²) >= 11 is 3.44. The second-order valence-electron chi connectivity index (χ2n) is 4.01. The quantitative estimate of drug-likeness (QED) is 0.903. The summed E-state index contributed by atoms with van der Waals surface area (Å²) in [5.41, 5.74) is 2.53. The molecule has 1 fully saturated rings. The lowest BCUT2D eigenvalue weighted by atomic mass is 10.00. The number of hydrogen-bond acceptors (Lipinski definition) is 5. The summed E-state index contributed by atoms with van der Waals surface area (Å²) in [7, 11) is 0. The summed E-state index contributed by atoms with van der Waals surface area (Å²) in [6, 6.07) is 3.87. The number of aromatic nitrogens is 2. The summed E-state index contributed by atoms with van der Waals surface area (Å²) in [6.45, 7) is 1.95.